The van der Waals surface area contributed by atoms with Crippen molar-refractivity contribution in [1.82, 2.24) is 5.32 Å². The van der Waals surface area contributed by atoms with E-state index in [9.17, 15) is 4.39 Å². The number of amidine groups is 1. The molecule has 106 valence electrons. The van der Waals surface area contributed by atoms with Crippen molar-refractivity contribution in [1.29, 1.82) is 0 Å². The average Bonchev–Trinajstić information content (AvgIpc) is 2.85. The average molecular weight is 277 g/mol. The predicted molar refractivity (Wildman–Crippen MR) is 72.9 cm³/mol. The van der Waals surface area contributed by atoms with Crippen molar-refractivity contribution >= 4 is 5.84 Å². The molecular weight excluding hydrogens is 261 g/mol. The molecule has 0 unspecified atom stereocenters. The van der Waals surface area contributed by atoms with E-state index in [0.717, 1.165) is 17.1 Å². The SMILES string of the molecule is Cc1ccc(CNCc2ccc(F)cc2C(N)=NO)o1. The molecule has 0 amide bonds. The lowest BCUT2D eigenvalue weighted by atomic mass is 10.1. The van der Waals surface area contributed by atoms with Gasteiger partial charge in [0, 0.05) is 12.1 Å². The summed E-state index contributed by atoms with van der Waals surface area (Å²) in [6, 6.07) is 7.95. The summed E-state index contributed by atoms with van der Waals surface area (Å²) in [5.74, 6) is 1.11. The van der Waals surface area contributed by atoms with E-state index >= 15 is 0 Å². The third kappa shape index (κ3) is 3.36. The van der Waals surface area contributed by atoms with Crippen molar-refractivity contribution in [2.75, 3.05) is 0 Å². The quantitative estimate of drug-likeness (QED) is 0.338. The zero-order valence-electron chi connectivity index (χ0n) is 11.1. The van der Waals surface area contributed by atoms with Crippen LogP contribution in [-0.2, 0) is 13.1 Å². The smallest absolute Gasteiger partial charge is 0.170 e. The molecule has 0 aliphatic heterocycles. The molecule has 0 saturated heterocycles. The van der Waals surface area contributed by atoms with E-state index in [1.165, 1.54) is 12.1 Å². The minimum atomic E-state index is -0.433. The van der Waals surface area contributed by atoms with Gasteiger partial charge in [0.15, 0.2) is 5.84 Å². The standard InChI is InChI=1S/C14H16FN3O2/c1-9-2-5-12(20-9)8-17-7-10-3-4-11(15)6-13(10)14(16)18-19/h2-6,17,19H,7-8H2,1H3,(H2,16,18). The van der Waals surface area contributed by atoms with Crippen LogP contribution in [0.15, 0.2) is 39.9 Å². The van der Waals surface area contributed by atoms with Gasteiger partial charge in [0.25, 0.3) is 0 Å². The summed E-state index contributed by atoms with van der Waals surface area (Å²) >= 11 is 0. The van der Waals surface area contributed by atoms with Crippen LogP contribution in [0.4, 0.5) is 4.39 Å². The first kappa shape index (κ1) is 14.1. The minimum Gasteiger partial charge on any atom is -0.465 e. The molecule has 1 heterocycles. The van der Waals surface area contributed by atoms with Gasteiger partial charge in [-0.05, 0) is 36.8 Å². The highest BCUT2D eigenvalue weighted by atomic mass is 19.1. The van der Waals surface area contributed by atoms with Crippen LogP contribution in [0.2, 0.25) is 0 Å². The van der Waals surface area contributed by atoms with Crippen LogP contribution in [0.5, 0.6) is 0 Å². The molecule has 6 heteroatoms. The lowest BCUT2D eigenvalue weighted by Crippen LogP contribution is -2.20. The van der Waals surface area contributed by atoms with Crippen LogP contribution in [-0.4, -0.2) is 11.0 Å². The molecule has 2 rings (SSSR count). The summed E-state index contributed by atoms with van der Waals surface area (Å²) in [6.45, 7) is 2.87. The molecule has 0 saturated carbocycles. The monoisotopic (exact) mass is 277 g/mol. The van der Waals surface area contributed by atoms with Gasteiger partial charge in [-0.3, -0.25) is 0 Å². The largest absolute Gasteiger partial charge is 0.465 e. The Labute approximate surface area is 115 Å². The molecule has 1 aromatic heterocycles. The van der Waals surface area contributed by atoms with E-state index in [2.05, 4.69) is 10.5 Å². The molecule has 0 aliphatic rings. The van der Waals surface area contributed by atoms with Crippen molar-refractivity contribution in [3.05, 3.63) is 58.8 Å². The number of nitrogens with one attached hydrogen (secondary N) is 1. The van der Waals surface area contributed by atoms with E-state index < -0.39 is 5.82 Å². The Hall–Kier alpha value is -2.34. The molecule has 4 N–H and O–H groups in total. The number of hydrogen-bond acceptors (Lipinski definition) is 4. The predicted octanol–water partition coefficient (Wildman–Crippen LogP) is 2.11. The maximum absolute atomic E-state index is 13.2. The molecule has 5 nitrogen and oxygen atoms in total. The molecule has 0 radical (unpaired) electrons. The van der Waals surface area contributed by atoms with E-state index in [1.54, 1.807) is 6.07 Å². The van der Waals surface area contributed by atoms with E-state index in [4.69, 9.17) is 15.4 Å². The van der Waals surface area contributed by atoms with Gasteiger partial charge < -0.3 is 20.7 Å². The van der Waals surface area contributed by atoms with E-state index in [-0.39, 0.29) is 5.84 Å². The molecular formula is C14H16FN3O2. The summed E-state index contributed by atoms with van der Waals surface area (Å²) in [6.07, 6.45) is 0. The number of nitrogens with zero attached hydrogens (tertiary/aromatic N) is 1. The van der Waals surface area contributed by atoms with Gasteiger partial charge in [-0.2, -0.15) is 0 Å². The number of rotatable bonds is 5. The molecule has 0 atom stereocenters. The molecule has 0 aliphatic carbocycles. The van der Waals surface area contributed by atoms with Crippen LogP contribution in [0.25, 0.3) is 0 Å². The first-order chi connectivity index (χ1) is 9.60. The lowest BCUT2D eigenvalue weighted by Gasteiger charge is -2.09. The zero-order chi connectivity index (χ0) is 14.5. The normalized spacial score (nSPS) is 11.8. The maximum atomic E-state index is 13.2. The summed E-state index contributed by atoms with van der Waals surface area (Å²) in [7, 11) is 0. The van der Waals surface area contributed by atoms with Gasteiger partial charge >= 0.3 is 0 Å². The van der Waals surface area contributed by atoms with Gasteiger partial charge in [0.05, 0.1) is 6.54 Å². The lowest BCUT2D eigenvalue weighted by molar-refractivity contribution is 0.318. The Morgan fingerprint density at radius 3 is 2.80 bits per heavy atom. The second-order valence-corrected chi connectivity index (χ2v) is 4.40. The fourth-order valence-electron chi connectivity index (χ4n) is 1.90. The number of halogens is 1. The second-order valence-electron chi connectivity index (χ2n) is 4.40. The van der Waals surface area contributed by atoms with Gasteiger partial charge in [-0.15, -0.1) is 0 Å². The van der Waals surface area contributed by atoms with Crippen molar-refractivity contribution < 1.29 is 14.0 Å². The highest BCUT2D eigenvalue weighted by Crippen LogP contribution is 2.12. The van der Waals surface area contributed by atoms with Gasteiger partial charge in [-0.1, -0.05) is 11.2 Å². The fraction of sp³-hybridized carbons (Fsp3) is 0.214. The summed E-state index contributed by atoms with van der Waals surface area (Å²) in [5.41, 5.74) is 6.65. The number of aryl methyl sites for hydroxylation is 1. The van der Waals surface area contributed by atoms with E-state index in [0.29, 0.717) is 18.7 Å². The Morgan fingerprint density at radius 1 is 1.35 bits per heavy atom. The third-order valence-corrected chi connectivity index (χ3v) is 2.87. The van der Waals surface area contributed by atoms with Crippen LogP contribution >= 0.6 is 0 Å². The van der Waals surface area contributed by atoms with Gasteiger partial charge in [0.2, 0.25) is 0 Å². The first-order valence-electron chi connectivity index (χ1n) is 6.12. The molecule has 0 fully saturated rings. The number of nitrogens with two attached hydrogens (primary N) is 1. The fourth-order valence-corrected chi connectivity index (χ4v) is 1.90. The van der Waals surface area contributed by atoms with Crippen LogP contribution < -0.4 is 11.1 Å². The van der Waals surface area contributed by atoms with Crippen molar-refractivity contribution in [2.45, 2.75) is 20.0 Å². The van der Waals surface area contributed by atoms with Crippen molar-refractivity contribution in [3.8, 4) is 0 Å². The van der Waals surface area contributed by atoms with E-state index in [1.807, 2.05) is 19.1 Å². The Morgan fingerprint density at radius 2 is 2.15 bits per heavy atom. The summed E-state index contributed by atoms with van der Waals surface area (Å²) in [4.78, 5) is 0. The molecule has 0 spiro atoms. The van der Waals surface area contributed by atoms with Crippen LogP contribution in [0.1, 0.15) is 22.6 Å². The first-order valence-corrected chi connectivity index (χ1v) is 6.12. The Balaban J connectivity index is 2.05. The number of hydrogen-bond donors (Lipinski definition) is 3. The maximum Gasteiger partial charge on any atom is 0.170 e. The van der Waals surface area contributed by atoms with Crippen molar-refractivity contribution in [3.63, 3.8) is 0 Å². The Kier molecular flexibility index (Phi) is 4.37. The number of furan rings is 1. The number of oxime groups is 1. The number of benzene rings is 1. The van der Waals surface area contributed by atoms with Crippen LogP contribution in [0.3, 0.4) is 0 Å². The third-order valence-electron chi connectivity index (χ3n) is 2.87. The van der Waals surface area contributed by atoms with Crippen molar-refractivity contribution in [2.24, 2.45) is 10.9 Å². The second kappa shape index (κ2) is 6.21. The summed E-state index contributed by atoms with van der Waals surface area (Å²) in [5, 5.41) is 14.8. The minimum absolute atomic E-state index is 0.116. The molecule has 1 aromatic carbocycles. The molecule has 20 heavy (non-hydrogen) atoms. The summed E-state index contributed by atoms with van der Waals surface area (Å²) < 4.78 is 18.6. The topological polar surface area (TPSA) is 83.8 Å². The Bertz CT molecular complexity index is 623. The molecule has 2 aromatic rings. The van der Waals surface area contributed by atoms with Gasteiger partial charge in [0.1, 0.15) is 17.3 Å². The highest BCUT2D eigenvalue weighted by molar-refractivity contribution is 5.98. The van der Waals surface area contributed by atoms with Crippen LogP contribution in [0, 0.1) is 12.7 Å². The highest BCUT2D eigenvalue weighted by Gasteiger charge is 2.09. The molecule has 0 bridgehead atoms. The zero-order valence-corrected chi connectivity index (χ0v) is 11.1. The van der Waals surface area contributed by atoms with Gasteiger partial charge in [-0.25, -0.2) is 4.39 Å².